The molecule has 5 rings (SSSR count). The van der Waals surface area contributed by atoms with Gasteiger partial charge in [-0.05, 0) is 48.7 Å². The zero-order valence-electron chi connectivity index (χ0n) is 21.4. The lowest BCUT2D eigenvalue weighted by atomic mass is 9.98. The molecule has 0 spiro atoms. The zero-order valence-corrected chi connectivity index (χ0v) is 21.4. The van der Waals surface area contributed by atoms with E-state index < -0.39 is 11.9 Å². The number of hydrogen-bond acceptors (Lipinski definition) is 5. The number of para-hydroxylation sites is 1. The van der Waals surface area contributed by atoms with E-state index >= 15 is 0 Å². The lowest BCUT2D eigenvalue weighted by molar-refractivity contribution is -0.141. The van der Waals surface area contributed by atoms with Crippen molar-refractivity contribution >= 4 is 11.6 Å². The Morgan fingerprint density at radius 1 is 1.03 bits per heavy atom. The van der Waals surface area contributed by atoms with E-state index in [4.69, 9.17) is 0 Å². The van der Waals surface area contributed by atoms with Gasteiger partial charge in [-0.2, -0.15) is 18.4 Å². The second-order valence-electron chi connectivity index (χ2n) is 9.95. The van der Waals surface area contributed by atoms with E-state index in [9.17, 15) is 23.2 Å². The molecule has 1 aromatic heterocycles. The van der Waals surface area contributed by atoms with E-state index in [1.165, 1.54) is 0 Å². The van der Waals surface area contributed by atoms with Crippen LogP contribution in [-0.2, 0) is 25.8 Å². The number of piperazine rings is 1. The highest BCUT2D eigenvalue weighted by atomic mass is 19.4. The molecule has 0 bridgehead atoms. The fourth-order valence-electron chi connectivity index (χ4n) is 5.28. The van der Waals surface area contributed by atoms with Gasteiger partial charge in [0.2, 0.25) is 0 Å². The van der Waals surface area contributed by atoms with Crippen molar-refractivity contribution in [3.8, 4) is 6.07 Å². The Hall–Kier alpha value is -3.84. The second kappa shape index (κ2) is 10.1. The van der Waals surface area contributed by atoms with Crippen LogP contribution in [0, 0.1) is 25.2 Å². The summed E-state index contributed by atoms with van der Waals surface area (Å²) in [6.07, 6.45) is -3.37. The third kappa shape index (κ3) is 5.11. The second-order valence-corrected chi connectivity index (χ2v) is 9.95. The molecule has 1 amide bonds. The lowest BCUT2D eigenvalue weighted by Crippen LogP contribution is -2.49. The largest absolute Gasteiger partial charge is 0.434 e. The summed E-state index contributed by atoms with van der Waals surface area (Å²) in [7, 11) is 0. The number of carbonyl (C=O) groups excluding carboxylic acids is 1. The fraction of sp³-hybridized carbons (Fsp3) is 0.393. The number of carbonyl (C=O) groups is 1. The molecule has 38 heavy (non-hydrogen) atoms. The summed E-state index contributed by atoms with van der Waals surface area (Å²) in [5, 5.41) is 9.42. The lowest BCUT2D eigenvalue weighted by Gasteiger charge is -2.36. The molecule has 3 aromatic rings. The van der Waals surface area contributed by atoms with Crippen molar-refractivity contribution in [1.29, 1.82) is 5.26 Å². The third-order valence-electron chi connectivity index (χ3n) is 7.41. The molecule has 1 saturated heterocycles. The van der Waals surface area contributed by atoms with Crippen LogP contribution in [0.3, 0.4) is 0 Å². The van der Waals surface area contributed by atoms with Gasteiger partial charge >= 0.3 is 6.18 Å². The van der Waals surface area contributed by atoms with Crippen molar-refractivity contribution in [1.82, 2.24) is 19.4 Å². The normalized spacial score (nSPS) is 16.3. The number of halogens is 3. The van der Waals surface area contributed by atoms with E-state index in [2.05, 4.69) is 20.9 Å². The monoisotopic (exact) mass is 522 g/mol. The number of nitriles is 1. The average Bonchev–Trinajstić information content (AvgIpc) is 3.34. The topological polar surface area (TPSA) is 68.4 Å². The van der Waals surface area contributed by atoms with E-state index in [0.717, 1.165) is 28.6 Å². The van der Waals surface area contributed by atoms with Crippen LogP contribution in [0.4, 0.5) is 18.9 Å². The summed E-state index contributed by atoms with van der Waals surface area (Å²) in [4.78, 5) is 23.4. The predicted octanol–water partition coefficient (Wildman–Crippen LogP) is 4.37. The smallest absolute Gasteiger partial charge is 0.367 e. The SMILES string of the molecule is Cc1cc(C)c(C(=O)N2CCN(c3ccccc3C#N)CC2)cc1CN1CCn2cc(C(F)(F)F)nc2C1. The molecule has 0 saturated carbocycles. The number of aryl methyl sites for hydroxylation is 2. The summed E-state index contributed by atoms with van der Waals surface area (Å²) in [6.45, 7) is 8.20. The van der Waals surface area contributed by atoms with Crippen LogP contribution in [-0.4, -0.2) is 58.0 Å². The van der Waals surface area contributed by atoms with Crippen molar-refractivity contribution in [2.75, 3.05) is 37.6 Å². The quantitative estimate of drug-likeness (QED) is 0.509. The van der Waals surface area contributed by atoms with Crippen LogP contribution in [0.5, 0.6) is 0 Å². The summed E-state index contributed by atoms with van der Waals surface area (Å²) in [5.74, 6) is 0.376. The number of anilines is 1. The molecule has 3 heterocycles. The number of fused-ring (bicyclic) bond motifs is 1. The average molecular weight is 523 g/mol. The number of hydrogen-bond donors (Lipinski definition) is 0. The molecular weight excluding hydrogens is 493 g/mol. The van der Waals surface area contributed by atoms with Crippen LogP contribution in [0.2, 0.25) is 0 Å². The minimum Gasteiger partial charge on any atom is -0.367 e. The standard InChI is InChI=1S/C28H29F3N6O/c1-19-13-20(2)23(27(38)36-11-9-35(10-12-36)24-6-4-3-5-21(24)15-32)14-22(19)16-34-7-8-37-17-25(28(29,30)31)33-26(37)18-34/h3-6,13-14,17H,7-12,16,18H2,1-2H3. The first kappa shape index (κ1) is 25.8. The Morgan fingerprint density at radius 3 is 2.47 bits per heavy atom. The molecule has 2 aromatic carbocycles. The minimum atomic E-state index is -4.46. The Kier molecular flexibility index (Phi) is 6.88. The maximum atomic E-state index is 13.5. The number of benzene rings is 2. The molecule has 0 unspecified atom stereocenters. The zero-order chi connectivity index (χ0) is 27.0. The first-order chi connectivity index (χ1) is 18.1. The Balaban J connectivity index is 1.28. The van der Waals surface area contributed by atoms with Crippen molar-refractivity contribution in [3.63, 3.8) is 0 Å². The van der Waals surface area contributed by atoms with Crippen molar-refractivity contribution in [2.24, 2.45) is 0 Å². The Morgan fingerprint density at radius 2 is 1.76 bits per heavy atom. The van der Waals surface area contributed by atoms with Gasteiger partial charge in [0.25, 0.3) is 5.91 Å². The van der Waals surface area contributed by atoms with Gasteiger partial charge in [-0.1, -0.05) is 18.2 Å². The molecular formula is C28H29F3N6O. The van der Waals surface area contributed by atoms with Crippen LogP contribution >= 0.6 is 0 Å². The number of aromatic nitrogens is 2. The van der Waals surface area contributed by atoms with Crippen LogP contribution in [0.25, 0.3) is 0 Å². The molecule has 7 nitrogen and oxygen atoms in total. The molecule has 2 aliphatic rings. The highest BCUT2D eigenvalue weighted by Crippen LogP contribution is 2.30. The van der Waals surface area contributed by atoms with Crippen LogP contribution in [0.1, 0.15) is 44.1 Å². The molecule has 198 valence electrons. The number of amides is 1. The van der Waals surface area contributed by atoms with Crippen LogP contribution < -0.4 is 4.90 Å². The molecule has 10 heteroatoms. The summed E-state index contributed by atoms with van der Waals surface area (Å²) >= 11 is 0. The predicted molar refractivity (Wildman–Crippen MR) is 137 cm³/mol. The summed E-state index contributed by atoms with van der Waals surface area (Å²) in [6, 6.07) is 13.7. The summed E-state index contributed by atoms with van der Waals surface area (Å²) < 4.78 is 40.8. The van der Waals surface area contributed by atoms with Gasteiger partial charge in [-0.3, -0.25) is 9.69 Å². The van der Waals surface area contributed by atoms with Crippen LogP contribution in [0.15, 0.2) is 42.6 Å². The van der Waals surface area contributed by atoms with Gasteiger partial charge in [0.1, 0.15) is 11.9 Å². The fourth-order valence-corrected chi connectivity index (χ4v) is 5.28. The molecule has 0 radical (unpaired) electrons. The summed E-state index contributed by atoms with van der Waals surface area (Å²) in [5.41, 5.74) is 4.23. The maximum Gasteiger partial charge on any atom is 0.434 e. The van der Waals surface area contributed by atoms with E-state index in [1.54, 1.807) is 10.6 Å². The van der Waals surface area contributed by atoms with Crippen molar-refractivity contribution in [2.45, 2.75) is 39.7 Å². The van der Waals surface area contributed by atoms with Gasteiger partial charge in [0, 0.05) is 57.6 Å². The number of rotatable bonds is 4. The molecule has 2 aliphatic heterocycles. The van der Waals surface area contributed by atoms with E-state index in [0.29, 0.717) is 69.3 Å². The van der Waals surface area contributed by atoms with Gasteiger partial charge in [-0.15, -0.1) is 0 Å². The first-order valence-electron chi connectivity index (χ1n) is 12.6. The molecule has 1 fully saturated rings. The maximum absolute atomic E-state index is 13.5. The van der Waals surface area contributed by atoms with Gasteiger partial charge in [0.15, 0.2) is 5.69 Å². The Labute approximate surface area is 219 Å². The van der Waals surface area contributed by atoms with E-state index in [1.807, 2.05) is 49.1 Å². The van der Waals surface area contributed by atoms with Gasteiger partial charge < -0.3 is 14.4 Å². The highest BCUT2D eigenvalue weighted by Gasteiger charge is 2.35. The minimum absolute atomic E-state index is 0.0269. The Bertz CT molecular complexity index is 1400. The molecule has 0 aliphatic carbocycles. The van der Waals surface area contributed by atoms with E-state index in [-0.39, 0.29) is 5.91 Å². The highest BCUT2D eigenvalue weighted by molar-refractivity contribution is 5.96. The van der Waals surface area contributed by atoms with Gasteiger partial charge in [-0.25, -0.2) is 4.98 Å². The molecule has 0 atom stereocenters. The van der Waals surface area contributed by atoms with Gasteiger partial charge in [0.05, 0.1) is 17.8 Å². The number of nitrogens with zero attached hydrogens (tertiary/aromatic N) is 6. The van der Waals surface area contributed by atoms with Crippen molar-refractivity contribution < 1.29 is 18.0 Å². The first-order valence-corrected chi connectivity index (χ1v) is 12.6. The third-order valence-corrected chi connectivity index (χ3v) is 7.41. The number of alkyl halides is 3. The molecule has 0 N–H and O–H groups in total. The number of imidazole rings is 1. The van der Waals surface area contributed by atoms with Crippen molar-refractivity contribution in [3.05, 3.63) is 81.9 Å².